The maximum Gasteiger partial charge on any atom is 0.260 e. The zero-order valence-corrected chi connectivity index (χ0v) is 15.0. The van der Waals surface area contributed by atoms with E-state index in [1.54, 1.807) is 23.6 Å². The number of methoxy groups -OCH3 is 2. The molecule has 0 saturated carbocycles. The minimum Gasteiger partial charge on any atom is -0.497 e. The summed E-state index contributed by atoms with van der Waals surface area (Å²) < 4.78 is 50.5. The molecule has 9 heteroatoms. The molecule has 2 aromatic carbocycles. The van der Waals surface area contributed by atoms with E-state index in [2.05, 4.69) is 10.3 Å². The summed E-state index contributed by atoms with van der Waals surface area (Å²) in [6.07, 6.45) is 0. The Morgan fingerprint density at radius 2 is 1.85 bits per heavy atom. The summed E-state index contributed by atoms with van der Waals surface area (Å²) in [6, 6.07) is 6.70. The molecule has 0 fully saturated rings. The number of ether oxygens (including phenoxy) is 2. The van der Waals surface area contributed by atoms with Gasteiger partial charge in [-0.3, -0.25) is 10.1 Å². The number of halogens is 3. The van der Waals surface area contributed by atoms with Gasteiger partial charge < -0.3 is 9.47 Å². The summed E-state index contributed by atoms with van der Waals surface area (Å²) in [5, 5.41) is 4.19. The highest BCUT2D eigenvalue weighted by molar-refractivity contribution is 7.14. The molecule has 140 valence electrons. The molecule has 1 heterocycles. The van der Waals surface area contributed by atoms with Crippen LogP contribution in [0.2, 0.25) is 0 Å². The minimum atomic E-state index is -1.71. The van der Waals surface area contributed by atoms with Crippen LogP contribution in [0, 0.1) is 17.5 Å². The first-order chi connectivity index (χ1) is 12.9. The van der Waals surface area contributed by atoms with Crippen molar-refractivity contribution in [1.82, 2.24) is 4.98 Å². The first kappa shape index (κ1) is 18.7. The van der Waals surface area contributed by atoms with Crippen molar-refractivity contribution in [2.45, 2.75) is 0 Å². The minimum absolute atomic E-state index is 0.156. The zero-order valence-electron chi connectivity index (χ0n) is 14.2. The monoisotopic (exact) mass is 394 g/mol. The summed E-state index contributed by atoms with van der Waals surface area (Å²) in [4.78, 5) is 16.4. The van der Waals surface area contributed by atoms with E-state index < -0.39 is 28.9 Å². The molecule has 1 amide bonds. The van der Waals surface area contributed by atoms with Crippen molar-refractivity contribution in [1.29, 1.82) is 0 Å². The molecule has 0 aliphatic carbocycles. The number of amides is 1. The predicted octanol–water partition coefficient (Wildman–Crippen LogP) is 4.50. The second kappa shape index (κ2) is 7.67. The molecule has 0 radical (unpaired) electrons. The number of carbonyl (C=O) groups is 1. The van der Waals surface area contributed by atoms with Crippen LogP contribution in [-0.2, 0) is 0 Å². The van der Waals surface area contributed by atoms with Gasteiger partial charge in [0.2, 0.25) is 0 Å². The van der Waals surface area contributed by atoms with Crippen LogP contribution < -0.4 is 14.8 Å². The molecule has 1 aromatic heterocycles. The van der Waals surface area contributed by atoms with Crippen LogP contribution in [0.15, 0.2) is 35.7 Å². The van der Waals surface area contributed by atoms with Gasteiger partial charge >= 0.3 is 0 Å². The van der Waals surface area contributed by atoms with Crippen molar-refractivity contribution < 1.29 is 27.4 Å². The van der Waals surface area contributed by atoms with Crippen LogP contribution in [0.5, 0.6) is 11.5 Å². The van der Waals surface area contributed by atoms with Gasteiger partial charge in [0.1, 0.15) is 11.5 Å². The molecular formula is C18H13F3N2O3S. The Morgan fingerprint density at radius 1 is 1.07 bits per heavy atom. The van der Waals surface area contributed by atoms with Crippen LogP contribution in [0.4, 0.5) is 18.3 Å². The highest BCUT2D eigenvalue weighted by atomic mass is 32.1. The van der Waals surface area contributed by atoms with E-state index in [-0.39, 0.29) is 5.13 Å². The molecule has 0 aliphatic heterocycles. The highest BCUT2D eigenvalue weighted by Gasteiger charge is 2.20. The van der Waals surface area contributed by atoms with Gasteiger partial charge in [-0.05, 0) is 30.3 Å². The molecule has 3 rings (SSSR count). The van der Waals surface area contributed by atoms with E-state index in [1.165, 1.54) is 14.2 Å². The topological polar surface area (TPSA) is 60.5 Å². The van der Waals surface area contributed by atoms with Gasteiger partial charge in [-0.1, -0.05) is 0 Å². The molecule has 3 aromatic rings. The highest BCUT2D eigenvalue weighted by Crippen LogP contribution is 2.35. The maximum absolute atomic E-state index is 13.7. The van der Waals surface area contributed by atoms with E-state index in [1.807, 2.05) is 0 Å². The number of aromatic nitrogens is 1. The molecular weight excluding hydrogens is 381 g/mol. The third-order valence-corrected chi connectivity index (χ3v) is 4.44. The Morgan fingerprint density at radius 3 is 2.56 bits per heavy atom. The lowest BCUT2D eigenvalue weighted by Crippen LogP contribution is -2.15. The number of hydrogen-bond donors (Lipinski definition) is 1. The van der Waals surface area contributed by atoms with Gasteiger partial charge in [-0.25, -0.2) is 18.2 Å². The summed E-state index contributed by atoms with van der Waals surface area (Å²) in [6.45, 7) is 0. The molecule has 0 spiro atoms. The molecule has 0 unspecified atom stereocenters. The van der Waals surface area contributed by atoms with Gasteiger partial charge in [0.15, 0.2) is 22.6 Å². The van der Waals surface area contributed by atoms with Crippen LogP contribution in [0.1, 0.15) is 10.4 Å². The average Bonchev–Trinajstić information content (AvgIpc) is 3.13. The van der Waals surface area contributed by atoms with E-state index in [9.17, 15) is 18.0 Å². The van der Waals surface area contributed by atoms with Crippen LogP contribution in [-0.4, -0.2) is 25.1 Å². The van der Waals surface area contributed by atoms with Gasteiger partial charge in [0, 0.05) is 10.9 Å². The lowest BCUT2D eigenvalue weighted by molar-refractivity contribution is 0.102. The van der Waals surface area contributed by atoms with Crippen molar-refractivity contribution in [3.05, 3.63) is 58.7 Å². The largest absolute Gasteiger partial charge is 0.497 e. The average molecular weight is 394 g/mol. The number of carbonyl (C=O) groups excluding carboxylic acids is 1. The molecule has 27 heavy (non-hydrogen) atoms. The molecule has 0 atom stereocenters. The Bertz CT molecular complexity index is 1010. The molecule has 0 aliphatic rings. The van der Waals surface area contributed by atoms with Crippen molar-refractivity contribution in [2.24, 2.45) is 0 Å². The summed E-state index contributed by atoms with van der Waals surface area (Å²) >= 11 is 1.08. The number of hydrogen-bond acceptors (Lipinski definition) is 5. The number of rotatable bonds is 5. The maximum atomic E-state index is 13.7. The number of thiazole rings is 1. The summed E-state index contributed by atoms with van der Waals surface area (Å²) in [7, 11) is 3.03. The zero-order chi connectivity index (χ0) is 19.6. The van der Waals surface area contributed by atoms with Gasteiger partial charge in [-0.15, -0.1) is 11.3 Å². The van der Waals surface area contributed by atoms with E-state index in [4.69, 9.17) is 9.47 Å². The first-order valence-corrected chi connectivity index (χ1v) is 8.45. The third-order valence-electron chi connectivity index (χ3n) is 3.69. The fraction of sp³-hybridized carbons (Fsp3) is 0.111. The van der Waals surface area contributed by atoms with E-state index in [0.29, 0.717) is 28.8 Å². The van der Waals surface area contributed by atoms with E-state index >= 15 is 0 Å². The molecule has 1 N–H and O–H groups in total. The Hall–Kier alpha value is -3.07. The van der Waals surface area contributed by atoms with Crippen LogP contribution in [0.25, 0.3) is 11.3 Å². The van der Waals surface area contributed by atoms with Gasteiger partial charge in [0.25, 0.3) is 5.91 Å². The molecule has 5 nitrogen and oxygen atoms in total. The van der Waals surface area contributed by atoms with Crippen LogP contribution in [0.3, 0.4) is 0 Å². The normalized spacial score (nSPS) is 10.6. The lowest BCUT2D eigenvalue weighted by Gasteiger charge is -2.08. The standard InChI is InChI=1S/C18H13F3N2O3S/c1-25-9-3-6-14(26-2)11(7-9)13-8-27-18(22-13)23-17(24)10-4-5-12(19)16(21)15(10)20/h3-8H,1-2H3,(H,22,23,24). The van der Waals surface area contributed by atoms with Crippen molar-refractivity contribution in [3.63, 3.8) is 0 Å². The Kier molecular flexibility index (Phi) is 5.31. The molecule has 0 saturated heterocycles. The predicted molar refractivity (Wildman–Crippen MR) is 94.9 cm³/mol. The fourth-order valence-corrected chi connectivity index (χ4v) is 3.04. The number of benzene rings is 2. The van der Waals surface area contributed by atoms with Gasteiger partial charge in [-0.2, -0.15) is 0 Å². The number of anilines is 1. The number of nitrogens with zero attached hydrogens (tertiary/aromatic N) is 1. The smallest absolute Gasteiger partial charge is 0.260 e. The van der Waals surface area contributed by atoms with Crippen molar-refractivity contribution >= 4 is 22.4 Å². The quantitative estimate of drug-likeness (QED) is 0.648. The first-order valence-electron chi connectivity index (χ1n) is 7.57. The second-order valence-electron chi connectivity index (χ2n) is 5.28. The Balaban J connectivity index is 1.87. The van der Waals surface area contributed by atoms with Gasteiger partial charge in [0.05, 0.1) is 25.5 Å². The second-order valence-corrected chi connectivity index (χ2v) is 6.14. The SMILES string of the molecule is COc1ccc(OC)c(-c2csc(NC(=O)c3ccc(F)c(F)c3F)n2)c1. The van der Waals surface area contributed by atoms with Crippen LogP contribution >= 0.6 is 11.3 Å². The third kappa shape index (κ3) is 3.72. The van der Waals surface area contributed by atoms with Crippen molar-refractivity contribution in [3.8, 4) is 22.8 Å². The van der Waals surface area contributed by atoms with Crippen molar-refractivity contribution in [2.75, 3.05) is 19.5 Å². The lowest BCUT2D eigenvalue weighted by atomic mass is 10.1. The summed E-state index contributed by atoms with van der Waals surface area (Å²) in [5.41, 5.74) is 0.508. The fourth-order valence-electron chi connectivity index (χ4n) is 2.33. The van der Waals surface area contributed by atoms with E-state index in [0.717, 1.165) is 17.4 Å². The molecule has 0 bridgehead atoms. The Labute approximate surface area is 156 Å². The number of nitrogens with one attached hydrogen (secondary N) is 1. The summed E-state index contributed by atoms with van der Waals surface area (Å²) in [5.74, 6) is -4.43.